The van der Waals surface area contributed by atoms with Gasteiger partial charge in [-0.3, -0.25) is 0 Å². The number of rotatable bonds is 2. The Labute approximate surface area is 134 Å². The maximum absolute atomic E-state index is 14.1. The average Bonchev–Trinajstić information content (AvgIpc) is 2.94. The first-order valence-corrected chi connectivity index (χ1v) is 7.20. The molecule has 0 saturated carbocycles. The Bertz CT molecular complexity index is 979. The van der Waals surface area contributed by atoms with Crippen LogP contribution in [0.5, 0.6) is 5.75 Å². The van der Waals surface area contributed by atoms with Gasteiger partial charge in [0.1, 0.15) is 22.4 Å². The maximum atomic E-state index is 14.1. The van der Waals surface area contributed by atoms with Gasteiger partial charge >= 0.3 is 0 Å². The lowest BCUT2D eigenvalue weighted by atomic mass is 10.2. The van der Waals surface area contributed by atoms with E-state index in [2.05, 4.69) is 15.0 Å². The highest BCUT2D eigenvalue weighted by molar-refractivity contribution is 6.29. The molecule has 0 amide bonds. The molecule has 0 bridgehead atoms. The Morgan fingerprint density at radius 3 is 3.09 bits per heavy atom. The van der Waals surface area contributed by atoms with Crippen LogP contribution in [0.15, 0.2) is 41.5 Å². The number of benzene rings is 1. The average molecular weight is 330 g/mol. The molecule has 1 aliphatic heterocycles. The molecule has 4 rings (SSSR count). The summed E-state index contributed by atoms with van der Waals surface area (Å²) in [7, 11) is 0. The van der Waals surface area contributed by atoms with E-state index in [1.807, 2.05) is 0 Å². The topological polar surface area (TPSA) is 75.8 Å². The quantitative estimate of drug-likeness (QED) is 0.296. The molecule has 1 aliphatic rings. The molecule has 23 heavy (non-hydrogen) atoms. The van der Waals surface area contributed by atoms with Gasteiger partial charge in [0.2, 0.25) is 0 Å². The van der Waals surface area contributed by atoms with Gasteiger partial charge < -0.3 is 9.30 Å². The number of halogens is 2. The lowest BCUT2D eigenvalue weighted by molar-refractivity contribution is 0.139. The third-order valence-corrected chi connectivity index (χ3v) is 3.96. The molecule has 6 nitrogen and oxygen atoms in total. The van der Waals surface area contributed by atoms with Crippen LogP contribution >= 0.6 is 11.6 Å². The second-order valence-corrected chi connectivity index (χ2v) is 5.43. The molecule has 1 unspecified atom stereocenters. The molecule has 1 aromatic carbocycles. The Morgan fingerprint density at radius 2 is 2.26 bits per heavy atom. The molecule has 0 fully saturated rings. The van der Waals surface area contributed by atoms with Crippen LogP contribution in [0.4, 0.5) is 4.39 Å². The Kier molecular flexibility index (Phi) is 3.11. The van der Waals surface area contributed by atoms with Crippen LogP contribution in [-0.4, -0.2) is 16.1 Å². The fraction of sp³-hybridized carbons (Fsp3) is 0.133. The molecule has 0 radical (unpaired) electrons. The summed E-state index contributed by atoms with van der Waals surface area (Å²) in [5.41, 5.74) is 10.4. The van der Waals surface area contributed by atoms with Crippen molar-refractivity contribution in [1.82, 2.24) is 9.55 Å². The van der Waals surface area contributed by atoms with Crippen molar-refractivity contribution < 1.29 is 9.13 Å². The molecule has 0 saturated heterocycles. The minimum Gasteiger partial charge on any atom is -0.468 e. The monoisotopic (exact) mass is 329 g/mol. The van der Waals surface area contributed by atoms with Crippen LogP contribution in [0.1, 0.15) is 6.23 Å². The first-order chi connectivity index (χ1) is 11.2. The van der Waals surface area contributed by atoms with Crippen molar-refractivity contribution in [2.24, 2.45) is 5.11 Å². The Hall–Kier alpha value is -2.76. The van der Waals surface area contributed by atoms with Gasteiger partial charge in [0.15, 0.2) is 6.23 Å². The fourth-order valence-electron chi connectivity index (χ4n) is 2.83. The third kappa shape index (κ3) is 2.10. The standard InChI is InChI=1S/C15H9ClFN5O/c16-13-5-4-12-15(20-13)11-6-8-9(17)2-1-3-10(8)22(11)14(23-12)7-19-21-18/h1-6,14H,7H2. The van der Waals surface area contributed by atoms with Gasteiger partial charge in [-0.05, 0) is 35.9 Å². The zero-order valence-corrected chi connectivity index (χ0v) is 12.4. The SMILES string of the molecule is [N-]=[N+]=NCC1Oc2ccc(Cl)nc2-c2cc3c(F)cccc3n21. The van der Waals surface area contributed by atoms with Crippen molar-refractivity contribution in [3.05, 3.63) is 57.8 Å². The van der Waals surface area contributed by atoms with Gasteiger partial charge in [-0.1, -0.05) is 22.8 Å². The molecule has 114 valence electrons. The van der Waals surface area contributed by atoms with E-state index in [1.54, 1.807) is 34.9 Å². The highest BCUT2D eigenvalue weighted by Gasteiger charge is 2.29. The van der Waals surface area contributed by atoms with Crippen LogP contribution in [0.25, 0.3) is 32.7 Å². The first-order valence-electron chi connectivity index (χ1n) is 6.83. The number of azide groups is 1. The predicted molar refractivity (Wildman–Crippen MR) is 83.8 cm³/mol. The van der Waals surface area contributed by atoms with Gasteiger partial charge in [-0.2, -0.15) is 0 Å². The second-order valence-electron chi connectivity index (χ2n) is 5.04. The number of hydrogen-bond donors (Lipinski definition) is 0. The zero-order valence-electron chi connectivity index (χ0n) is 11.6. The number of pyridine rings is 1. The van der Waals surface area contributed by atoms with E-state index in [4.69, 9.17) is 21.9 Å². The van der Waals surface area contributed by atoms with Crippen LogP contribution in [0.3, 0.4) is 0 Å². The van der Waals surface area contributed by atoms with Crippen molar-refractivity contribution in [1.29, 1.82) is 0 Å². The summed E-state index contributed by atoms with van der Waals surface area (Å²) < 4.78 is 21.8. The minimum absolute atomic E-state index is 0.0753. The van der Waals surface area contributed by atoms with Crippen molar-refractivity contribution >= 4 is 22.5 Å². The van der Waals surface area contributed by atoms with Crippen molar-refractivity contribution in [2.45, 2.75) is 6.23 Å². The number of ether oxygens (including phenoxy) is 1. The molecule has 1 atom stereocenters. The molecule has 0 spiro atoms. The Morgan fingerprint density at radius 1 is 1.39 bits per heavy atom. The van der Waals surface area contributed by atoms with Crippen LogP contribution in [0, 0.1) is 5.82 Å². The summed E-state index contributed by atoms with van der Waals surface area (Å²) in [6.45, 7) is 0.0753. The van der Waals surface area contributed by atoms with E-state index in [9.17, 15) is 4.39 Å². The summed E-state index contributed by atoms with van der Waals surface area (Å²) >= 11 is 5.98. The molecule has 3 heterocycles. The smallest absolute Gasteiger partial charge is 0.182 e. The molecule has 3 aromatic rings. The summed E-state index contributed by atoms with van der Waals surface area (Å²) in [4.78, 5) is 7.06. The van der Waals surface area contributed by atoms with E-state index in [0.29, 0.717) is 33.2 Å². The predicted octanol–water partition coefficient (Wildman–Crippen LogP) is 4.70. The summed E-state index contributed by atoms with van der Waals surface area (Å²) in [6.07, 6.45) is -0.573. The molecule has 0 N–H and O–H groups in total. The van der Waals surface area contributed by atoms with Crippen LogP contribution in [0.2, 0.25) is 5.15 Å². The van der Waals surface area contributed by atoms with E-state index >= 15 is 0 Å². The van der Waals surface area contributed by atoms with E-state index < -0.39 is 6.23 Å². The highest BCUT2D eigenvalue weighted by atomic mass is 35.5. The molecular weight excluding hydrogens is 321 g/mol. The fourth-order valence-corrected chi connectivity index (χ4v) is 2.98. The van der Waals surface area contributed by atoms with Crippen LogP contribution in [-0.2, 0) is 0 Å². The summed E-state index contributed by atoms with van der Waals surface area (Å²) in [5.74, 6) is 0.179. The van der Waals surface area contributed by atoms with E-state index in [0.717, 1.165) is 0 Å². The zero-order chi connectivity index (χ0) is 16.0. The number of hydrogen-bond acceptors (Lipinski definition) is 3. The van der Waals surface area contributed by atoms with Crippen molar-refractivity contribution in [2.75, 3.05) is 6.54 Å². The van der Waals surface area contributed by atoms with Gasteiger partial charge in [-0.15, -0.1) is 0 Å². The molecular formula is C15H9ClFN5O. The second kappa shape index (κ2) is 5.15. The lowest BCUT2D eigenvalue weighted by Gasteiger charge is -2.28. The summed E-state index contributed by atoms with van der Waals surface area (Å²) in [5, 5.41) is 4.36. The maximum Gasteiger partial charge on any atom is 0.182 e. The van der Waals surface area contributed by atoms with E-state index in [1.165, 1.54) is 6.07 Å². The largest absolute Gasteiger partial charge is 0.468 e. The minimum atomic E-state index is -0.573. The first kappa shape index (κ1) is 13.9. The molecule has 2 aromatic heterocycles. The summed E-state index contributed by atoms with van der Waals surface area (Å²) in [6, 6.07) is 9.82. The van der Waals surface area contributed by atoms with E-state index in [-0.39, 0.29) is 12.4 Å². The van der Waals surface area contributed by atoms with Gasteiger partial charge in [0.25, 0.3) is 0 Å². The van der Waals surface area contributed by atoms with Gasteiger partial charge in [0.05, 0.1) is 17.8 Å². The Balaban J connectivity index is 2.04. The molecule has 8 heteroatoms. The third-order valence-electron chi connectivity index (χ3n) is 3.75. The van der Waals surface area contributed by atoms with Gasteiger partial charge in [0, 0.05) is 10.3 Å². The lowest BCUT2D eigenvalue weighted by Crippen LogP contribution is -2.23. The molecule has 0 aliphatic carbocycles. The van der Waals surface area contributed by atoms with Crippen molar-refractivity contribution in [3.63, 3.8) is 0 Å². The number of fused-ring (bicyclic) bond motifs is 5. The van der Waals surface area contributed by atoms with Crippen molar-refractivity contribution in [3.8, 4) is 17.1 Å². The normalized spacial score (nSPS) is 15.5. The number of aromatic nitrogens is 2. The van der Waals surface area contributed by atoms with Gasteiger partial charge in [-0.25, -0.2) is 9.37 Å². The number of nitrogens with zero attached hydrogens (tertiary/aromatic N) is 5. The highest BCUT2D eigenvalue weighted by Crippen LogP contribution is 2.42. The van der Waals surface area contributed by atoms with Crippen LogP contribution < -0.4 is 4.74 Å².